The molecule has 1 amide bonds. The lowest BCUT2D eigenvalue weighted by Crippen LogP contribution is -2.53. The molecule has 0 N–H and O–H groups in total. The van der Waals surface area contributed by atoms with Crippen LogP contribution in [-0.4, -0.2) is 45.2 Å². The lowest BCUT2D eigenvalue weighted by Gasteiger charge is -2.43. The second-order valence-electron chi connectivity index (χ2n) is 6.92. The van der Waals surface area contributed by atoms with Crippen molar-refractivity contribution in [2.75, 3.05) is 26.0 Å². The molecule has 0 radical (unpaired) electrons. The maximum absolute atomic E-state index is 12.5. The van der Waals surface area contributed by atoms with Gasteiger partial charge >= 0.3 is 0 Å². The molecule has 0 saturated carbocycles. The molecule has 1 atom stereocenters. The van der Waals surface area contributed by atoms with E-state index < -0.39 is 15.7 Å². The van der Waals surface area contributed by atoms with Crippen LogP contribution in [0.3, 0.4) is 0 Å². The zero-order valence-corrected chi connectivity index (χ0v) is 18.1. The van der Waals surface area contributed by atoms with E-state index in [1.54, 1.807) is 23.1 Å². The van der Waals surface area contributed by atoms with Gasteiger partial charge in [0.25, 0.3) is 10.1 Å². The Kier molecular flexibility index (Phi) is 6.86. The average molecular weight is 458 g/mol. The largest absolute Gasteiger partial charge is 0.359 e. The third-order valence-corrected chi connectivity index (χ3v) is 6.07. The quantitative estimate of drug-likeness (QED) is 0.593. The standard InChI is InChI=1S/C20H21Cl2NO5S/c1-29(25,26)28-10-9-20(16-7-8-17(21)18(22)11-16)14-23(19(24)13-27-20)12-15-5-3-2-4-6-15/h2-8,11H,9-10,12-14H2,1H3. The highest BCUT2D eigenvalue weighted by molar-refractivity contribution is 7.85. The maximum Gasteiger partial charge on any atom is 0.264 e. The van der Waals surface area contributed by atoms with Crippen molar-refractivity contribution in [2.24, 2.45) is 0 Å². The number of morpholine rings is 1. The van der Waals surface area contributed by atoms with Crippen LogP contribution in [0.15, 0.2) is 48.5 Å². The van der Waals surface area contributed by atoms with E-state index in [1.165, 1.54) is 0 Å². The molecular weight excluding hydrogens is 437 g/mol. The van der Waals surface area contributed by atoms with Crippen molar-refractivity contribution < 1.29 is 22.1 Å². The number of amides is 1. The number of ether oxygens (including phenoxy) is 1. The van der Waals surface area contributed by atoms with E-state index in [-0.39, 0.29) is 32.1 Å². The summed E-state index contributed by atoms with van der Waals surface area (Å²) >= 11 is 12.2. The van der Waals surface area contributed by atoms with E-state index in [1.807, 2.05) is 30.3 Å². The molecule has 156 valence electrons. The van der Waals surface area contributed by atoms with Crippen molar-refractivity contribution in [3.8, 4) is 0 Å². The van der Waals surface area contributed by atoms with Gasteiger partial charge in [-0.05, 0) is 23.3 Å². The van der Waals surface area contributed by atoms with Crippen LogP contribution >= 0.6 is 23.2 Å². The first-order valence-corrected chi connectivity index (χ1v) is 11.5. The van der Waals surface area contributed by atoms with Gasteiger partial charge in [0.1, 0.15) is 12.2 Å². The Balaban J connectivity index is 1.90. The van der Waals surface area contributed by atoms with Crippen LogP contribution in [-0.2, 0) is 36.0 Å². The number of halogens is 2. The maximum atomic E-state index is 12.5. The summed E-state index contributed by atoms with van der Waals surface area (Å²) in [6.45, 7) is 0.420. The number of rotatable bonds is 7. The van der Waals surface area contributed by atoms with Crippen LogP contribution in [0.25, 0.3) is 0 Å². The number of carbonyl (C=O) groups is 1. The Morgan fingerprint density at radius 1 is 1.14 bits per heavy atom. The Labute approximate surface area is 180 Å². The predicted molar refractivity (Wildman–Crippen MR) is 111 cm³/mol. The van der Waals surface area contributed by atoms with Crippen LogP contribution in [0.5, 0.6) is 0 Å². The van der Waals surface area contributed by atoms with Crippen molar-refractivity contribution in [1.82, 2.24) is 4.90 Å². The van der Waals surface area contributed by atoms with Crippen LogP contribution in [0.1, 0.15) is 17.5 Å². The van der Waals surface area contributed by atoms with Crippen molar-refractivity contribution in [2.45, 2.75) is 18.6 Å². The Morgan fingerprint density at radius 2 is 1.86 bits per heavy atom. The minimum Gasteiger partial charge on any atom is -0.359 e. The molecule has 1 aliphatic rings. The summed E-state index contributed by atoms with van der Waals surface area (Å²) in [7, 11) is -3.60. The van der Waals surface area contributed by atoms with Crippen molar-refractivity contribution in [1.29, 1.82) is 0 Å². The molecule has 1 saturated heterocycles. The fraction of sp³-hybridized carbons (Fsp3) is 0.350. The summed E-state index contributed by atoms with van der Waals surface area (Å²) in [5.41, 5.74) is 0.717. The SMILES string of the molecule is CS(=O)(=O)OCCC1(c2ccc(Cl)c(Cl)c2)CN(Cc2ccccc2)C(=O)CO1. The van der Waals surface area contributed by atoms with Gasteiger partial charge in [0.15, 0.2) is 0 Å². The molecule has 1 aliphatic heterocycles. The summed E-state index contributed by atoms with van der Waals surface area (Å²) in [4.78, 5) is 14.2. The van der Waals surface area contributed by atoms with E-state index in [0.717, 1.165) is 11.8 Å². The molecule has 29 heavy (non-hydrogen) atoms. The highest BCUT2D eigenvalue weighted by atomic mass is 35.5. The summed E-state index contributed by atoms with van der Waals surface area (Å²) in [6.07, 6.45) is 1.21. The highest BCUT2D eigenvalue weighted by Crippen LogP contribution is 2.37. The van der Waals surface area contributed by atoms with Gasteiger partial charge in [0.05, 0.1) is 29.5 Å². The number of carbonyl (C=O) groups excluding carboxylic acids is 1. The van der Waals surface area contributed by atoms with Crippen LogP contribution < -0.4 is 0 Å². The monoisotopic (exact) mass is 457 g/mol. The van der Waals surface area contributed by atoms with Crippen LogP contribution in [0.2, 0.25) is 10.0 Å². The Bertz CT molecular complexity index is 984. The van der Waals surface area contributed by atoms with E-state index in [9.17, 15) is 13.2 Å². The average Bonchev–Trinajstić information content (AvgIpc) is 2.66. The number of hydrogen-bond acceptors (Lipinski definition) is 5. The van der Waals surface area contributed by atoms with Gasteiger partial charge in [-0.15, -0.1) is 0 Å². The smallest absolute Gasteiger partial charge is 0.264 e. The van der Waals surface area contributed by atoms with Crippen molar-refractivity contribution in [3.63, 3.8) is 0 Å². The molecule has 9 heteroatoms. The van der Waals surface area contributed by atoms with E-state index >= 15 is 0 Å². The minimum atomic E-state index is -3.60. The number of benzene rings is 2. The molecule has 2 aromatic carbocycles. The van der Waals surface area contributed by atoms with Gasteiger partial charge in [-0.2, -0.15) is 8.42 Å². The van der Waals surface area contributed by atoms with Crippen LogP contribution in [0.4, 0.5) is 0 Å². The summed E-state index contributed by atoms with van der Waals surface area (Å²) < 4.78 is 33.7. The number of hydrogen-bond donors (Lipinski definition) is 0. The Hall–Kier alpha value is -1.64. The molecule has 0 spiro atoms. The lowest BCUT2D eigenvalue weighted by atomic mass is 9.88. The predicted octanol–water partition coefficient (Wildman–Crippen LogP) is 3.61. The lowest BCUT2D eigenvalue weighted by molar-refractivity contribution is -0.169. The number of nitrogens with zero attached hydrogens (tertiary/aromatic N) is 1. The molecule has 6 nitrogen and oxygen atoms in total. The second-order valence-corrected chi connectivity index (χ2v) is 9.38. The summed E-state index contributed by atoms with van der Waals surface area (Å²) in [6, 6.07) is 14.7. The molecule has 1 fully saturated rings. The zero-order valence-electron chi connectivity index (χ0n) is 15.8. The topological polar surface area (TPSA) is 72.9 Å². The van der Waals surface area contributed by atoms with Gasteiger partial charge < -0.3 is 9.64 Å². The normalized spacial score (nSPS) is 20.1. The summed E-state index contributed by atoms with van der Waals surface area (Å²) in [5, 5.41) is 0.744. The second kappa shape index (κ2) is 9.02. The third kappa shape index (κ3) is 5.71. The Morgan fingerprint density at radius 3 is 2.52 bits per heavy atom. The first-order chi connectivity index (χ1) is 13.7. The van der Waals surface area contributed by atoms with Crippen LogP contribution in [0, 0.1) is 0 Å². The van der Waals surface area contributed by atoms with Gasteiger partial charge in [-0.3, -0.25) is 8.98 Å². The zero-order chi connectivity index (χ0) is 21.1. The summed E-state index contributed by atoms with van der Waals surface area (Å²) in [5.74, 6) is -0.145. The van der Waals surface area contributed by atoms with E-state index in [4.69, 9.17) is 32.1 Å². The first kappa shape index (κ1) is 22.1. The minimum absolute atomic E-state index is 0.0908. The van der Waals surface area contributed by atoms with Crippen molar-refractivity contribution >= 4 is 39.2 Å². The van der Waals surface area contributed by atoms with Gasteiger partial charge in [-0.1, -0.05) is 59.6 Å². The van der Waals surface area contributed by atoms with Gasteiger partial charge in [0.2, 0.25) is 5.91 Å². The van der Waals surface area contributed by atoms with Crippen molar-refractivity contribution in [3.05, 3.63) is 69.7 Å². The van der Waals surface area contributed by atoms with Gasteiger partial charge in [0, 0.05) is 13.0 Å². The molecule has 1 unspecified atom stereocenters. The molecule has 3 rings (SSSR count). The van der Waals surface area contributed by atoms with Gasteiger partial charge in [-0.25, -0.2) is 0 Å². The molecule has 1 heterocycles. The molecule has 0 aromatic heterocycles. The molecule has 0 bridgehead atoms. The highest BCUT2D eigenvalue weighted by Gasteiger charge is 2.41. The third-order valence-electron chi connectivity index (χ3n) is 4.74. The van der Waals surface area contributed by atoms with E-state index in [0.29, 0.717) is 22.2 Å². The molecular formula is C20H21Cl2NO5S. The molecule has 0 aliphatic carbocycles. The fourth-order valence-corrected chi connectivity index (χ4v) is 3.97. The molecule has 2 aromatic rings. The first-order valence-electron chi connectivity index (χ1n) is 8.94. The van der Waals surface area contributed by atoms with E-state index in [2.05, 4.69) is 0 Å². The fourth-order valence-electron chi connectivity index (χ4n) is 3.29.